The Labute approximate surface area is 160 Å². The molecule has 0 bridgehead atoms. The highest BCUT2D eigenvalue weighted by Gasteiger charge is 2.12. The quantitative estimate of drug-likeness (QED) is 0.584. The van der Waals surface area contributed by atoms with Crippen LogP contribution in [0.5, 0.6) is 17.2 Å². The maximum atomic E-state index is 6.06. The summed E-state index contributed by atoms with van der Waals surface area (Å²) < 4.78 is 21.3. The monoisotopic (exact) mass is 394 g/mol. The highest BCUT2D eigenvalue weighted by atomic mass is 35.5. The number of methoxy groups -OCH3 is 2. The van der Waals surface area contributed by atoms with Gasteiger partial charge in [-0.25, -0.2) is 0 Å². The Hall–Kier alpha value is -2.44. The number of halogens is 2. The lowest BCUT2D eigenvalue weighted by Gasteiger charge is -2.08. The van der Waals surface area contributed by atoms with Crippen molar-refractivity contribution in [3.05, 3.63) is 63.7 Å². The fourth-order valence-corrected chi connectivity index (χ4v) is 2.85. The van der Waals surface area contributed by atoms with Crippen LogP contribution in [0.25, 0.3) is 0 Å². The molecule has 2 aromatic carbocycles. The third-order valence-corrected chi connectivity index (χ3v) is 4.17. The molecule has 0 unspecified atom stereocenters. The summed E-state index contributed by atoms with van der Waals surface area (Å²) in [6.07, 6.45) is 0.483. The molecule has 0 amide bonds. The molecule has 6 nitrogen and oxygen atoms in total. The highest BCUT2D eigenvalue weighted by molar-refractivity contribution is 6.37. The van der Waals surface area contributed by atoms with E-state index in [0.717, 1.165) is 5.56 Å². The molecule has 136 valence electrons. The van der Waals surface area contributed by atoms with Crippen LogP contribution < -0.4 is 14.2 Å². The minimum absolute atomic E-state index is 0.0718. The van der Waals surface area contributed by atoms with Crippen LogP contribution in [0.3, 0.4) is 0 Å². The average molecular weight is 395 g/mol. The predicted molar refractivity (Wildman–Crippen MR) is 97.4 cm³/mol. The lowest BCUT2D eigenvalue weighted by molar-refractivity contribution is 0.243. The van der Waals surface area contributed by atoms with Gasteiger partial charge < -0.3 is 18.7 Å². The fraction of sp³-hybridized carbons (Fsp3) is 0.222. The van der Waals surface area contributed by atoms with Gasteiger partial charge in [-0.1, -0.05) is 40.5 Å². The van der Waals surface area contributed by atoms with Crippen molar-refractivity contribution in [1.82, 2.24) is 10.1 Å². The summed E-state index contributed by atoms with van der Waals surface area (Å²) in [7, 11) is 3.18. The van der Waals surface area contributed by atoms with Gasteiger partial charge in [0.2, 0.25) is 0 Å². The molecule has 0 aliphatic carbocycles. The number of hydrogen-bond donors (Lipinski definition) is 0. The SMILES string of the molecule is COc1ccc(Cc2noc(COc3c(Cl)cccc3Cl)n2)cc1OC. The summed E-state index contributed by atoms with van der Waals surface area (Å²) in [6, 6.07) is 10.7. The van der Waals surface area contributed by atoms with E-state index in [1.807, 2.05) is 18.2 Å². The molecule has 1 heterocycles. The van der Waals surface area contributed by atoms with Gasteiger partial charge in [0.1, 0.15) is 0 Å². The molecule has 0 saturated heterocycles. The number of para-hydroxylation sites is 1. The van der Waals surface area contributed by atoms with Crippen molar-refractivity contribution in [3.63, 3.8) is 0 Å². The molecular formula is C18H16Cl2N2O4. The zero-order chi connectivity index (χ0) is 18.5. The van der Waals surface area contributed by atoms with Crippen molar-refractivity contribution in [1.29, 1.82) is 0 Å². The first-order valence-corrected chi connectivity index (χ1v) is 8.45. The van der Waals surface area contributed by atoms with Crippen molar-refractivity contribution in [3.8, 4) is 17.2 Å². The maximum absolute atomic E-state index is 6.06. The first-order valence-electron chi connectivity index (χ1n) is 7.70. The number of ether oxygens (including phenoxy) is 3. The van der Waals surface area contributed by atoms with E-state index in [9.17, 15) is 0 Å². The molecule has 0 aliphatic rings. The van der Waals surface area contributed by atoms with Gasteiger partial charge >= 0.3 is 0 Å². The van der Waals surface area contributed by atoms with Crippen molar-refractivity contribution in [2.45, 2.75) is 13.0 Å². The maximum Gasteiger partial charge on any atom is 0.264 e. The zero-order valence-corrected chi connectivity index (χ0v) is 15.7. The molecule has 8 heteroatoms. The van der Waals surface area contributed by atoms with E-state index in [0.29, 0.717) is 45.4 Å². The van der Waals surface area contributed by atoms with E-state index in [1.54, 1.807) is 32.4 Å². The van der Waals surface area contributed by atoms with Crippen LogP contribution in [-0.2, 0) is 13.0 Å². The summed E-state index contributed by atoms with van der Waals surface area (Å²) in [5.74, 6) is 2.55. The van der Waals surface area contributed by atoms with E-state index in [4.69, 9.17) is 41.9 Å². The van der Waals surface area contributed by atoms with Crippen LogP contribution >= 0.6 is 23.2 Å². The molecule has 26 heavy (non-hydrogen) atoms. The fourth-order valence-electron chi connectivity index (χ4n) is 2.35. The van der Waals surface area contributed by atoms with Crippen LogP contribution in [-0.4, -0.2) is 24.4 Å². The van der Waals surface area contributed by atoms with E-state index in [2.05, 4.69) is 10.1 Å². The molecule has 1 aromatic heterocycles. The van der Waals surface area contributed by atoms with Gasteiger partial charge in [0, 0.05) is 6.42 Å². The third kappa shape index (κ3) is 4.20. The van der Waals surface area contributed by atoms with E-state index in [1.165, 1.54) is 0 Å². The van der Waals surface area contributed by atoms with Gasteiger partial charge in [-0.2, -0.15) is 4.98 Å². The number of hydrogen-bond acceptors (Lipinski definition) is 6. The molecule has 0 fully saturated rings. The topological polar surface area (TPSA) is 66.6 Å². The molecule has 0 aliphatic heterocycles. The Bertz CT molecular complexity index is 878. The van der Waals surface area contributed by atoms with Crippen molar-refractivity contribution in [2.75, 3.05) is 14.2 Å². The summed E-state index contributed by atoms with van der Waals surface area (Å²) in [4.78, 5) is 4.32. The lowest BCUT2D eigenvalue weighted by Crippen LogP contribution is -1.98. The van der Waals surface area contributed by atoms with Crippen molar-refractivity contribution in [2.24, 2.45) is 0 Å². The van der Waals surface area contributed by atoms with Gasteiger partial charge in [0.15, 0.2) is 29.7 Å². The normalized spacial score (nSPS) is 10.6. The molecule has 0 atom stereocenters. The van der Waals surface area contributed by atoms with E-state index in [-0.39, 0.29) is 6.61 Å². The Balaban J connectivity index is 1.67. The number of benzene rings is 2. The molecule has 0 spiro atoms. The average Bonchev–Trinajstić information content (AvgIpc) is 3.08. The molecule has 0 N–H and O–H groups in total. The molecule has 0 radical (unpaired) electrons. The minimum Gasteiger partial charge on any atom is -0.493 e. The predicted octanol–water partition coefficient (Wildman–Crippen LogP) is 4.56. The second-order valence-corrected chi connectivity index (χ2v) is 6.12. The molecule has 3 aromatic rings. The van der Waals surface area contributed by atoms with Crippen LogP contribution in [0.2, 0.25) is 10.0 Å². The second kappa shape index (κ2) is 8.29. The second-order valence-electron chi connectivity index (χ2n) is 5.31. The van der Waals surface area contributed by atoms with Crippen molar-refractivity contribution < 1.29 is 18.7 Å². The Morgan fingerprint density at radius 1 is 1.00 bits per heavy atom. The summed E-state index contributed by atoms with van der Waals surface area (Å²) in [5, 5.41) is 4.80. The minimum atomic E-state index is 0.0718. The van der Waals surface area contributed by atoms with Crippen LogP contribution in [0.15, 0.2) is 40.9 Å². The highest BCUT2D eigenvalue weighted by Crippen LogP contribution is 2.33. The number of rotatable bonds is 7. The number of nitrogens with zero attached hydrogens (tertiary/aromatic N) is 2. The standard InChI is InChI=1S/C18H16Cl2N2O4/c1-23-14-7-6-11(8-15(14)24-2)9-16-21-17(26-22-16)10-25-18-12(19)4-3-5-13(18)20/h3-8H,9-10H2,1-2H3. The molecular weight excluding hydrogens is 379 g/mol. The Kier molecular flexibility index (Phi) is 5.85. The Morgan fingerprint density at radius 3 is 2.42 bits per heavy atom. The Morgan fingerprint density at radius 2 is 1.73 bits per heavy atom. The lowest BCUT2D eigenvalue weighted by atomic mass is 10.1. The first-order chi connectivity index (χ1) is 12.6. The van der Waals surface area contributed by atoms with Crippen LogP contribution in [0.1, 0.15) is 17.3 Å². The van der Waals surface area contributed by atoms with Gasteiger partial charge in [-0.15, -0.1) is 0 Å². The largest absolute Gasteiger partial charge is 0.493 e. The zero-order valence-electron chi connectivity index (χ0n) is 14.2. The summed E-state index contributed by atoms with van der Waals surface area (Å²) >= 11 is 12.1. The van der Waals surface area contributed by atoms with Gasteiger partial charge in [0.25, 0.3) is 5.89 Å². The van der Waals surface area contributed by atoms with Crippen LogP contribution in [0, 0.1) is 0 Å². The van der Waals surface area contributed by atoms with E-state index < -0.39 is 0 Å². The third-order valence-electron chi connectivity index (χ3n) is 3.58. The van der Waals surface area contributed by atoms with Gasteiger partial charge in [-0.3, -0.25) is 0 Å². The summed E-state index contributed by atoms with van der Waals surface area (Å²) in [5.41, 5.74) is 0.963. The molecule has 3 rings (SSSR count). The number of aromatic nitrogens is 2. The van der Waals surface area contributed by atoms with Crippen LogP contribution in [0.4, 0.5) is 0 Å². The van der Waals surface area contributed by atoms with E-state index >= 15 is 0 Å². The summed E-state index contributed by atoms with van der Waals surface area (Å²) in [6.45, 7) is 0.0718. The van der Waals surface area contributed by atoms with Gasteiger partial charge in [0.05, 0.1) is 24.3 Å². The molecule has 0 saturated carbocycles. The van der Waals surface area contributed by atoms with Gasteiger partial charge in [-0.05, 0) is 29.8 Å². The smallest absolute Gasteiger partial charge is 0.264 e. The first kappa shape index (κ1) is 18.4. The van der Waals surface area contributed by atoms with Crippen molar-refractivity contribution >= 4 is 23.2 Å².